The van der Waals surface area contributed by atoms with E-state index in [0.717, 1.165) is 16.7 Å². The molecule has 1 aromatic heterocycles. The molecule has 0 N–H and O–H groups in total. The second kappa shape index (κ2) is 7.09. The zero-order chi connectivity index (χ0) is 23.4. The molecular formula is C23H13F6N3O. The minimum Gasteiger partial charge on any atom is -0.436 e. The van der Waals surface area contributed by atoms with E-state index in [-0.39, 0.29) is 28.1 Å². The average molecular weight is 461 g/mol. The van der Waals surface area contributed by atoms with Crippen LogP contribution in [0, 0.1) is 0 Å². The maximum absolute atomic E-state index is 14.9. The lowest BCUT2D eigenvalue weighted by Crippen LogP contribution is -2.53. The fraction of sp³-hybridized carbons (Fsp3) is 0.130. The minimum atomic E-state index is -5.03. The van der Waals surface area contributed by atoms with E-state index in [1.807, 2.05) is 0 Å². The van der Waals surface area contributed by atoms with E-state index in [1.54, 1.807) is 18.2 Å². The first kappa shape index (κ1) is 21.0. The number of hydrogen-bond acceptors (Lipinski definition) is 3. The topological polar surface area (TPSA) is 39.4 Å². The van der Waals surface area contributed by atoms with Gasteiger partial charge >= 0.3 is 18.1 Å². The molecule has 0 saturated carbocycles. The van der Waals surface area contributed by atoms with Crippen LogP contribution in [0.3, 0.4) is 0 Å². The number of alkyl halides is 6. The summed E-state index contributed by atoms with van der Waals surface area (Å²) in [4.78, 5) is 8.30. The molecule has 0 spiro atoms. The average Bonchev–Trinajstić information content (AvgIpc) is 3.16. The van der Waals surface area contributed by atoms with E-state index in [2.05, 4.69) is 9.98 Å². The van der Waals surface area contributed by atoms with Crippen LogP contribution in [0.2, 0.25) is 0 Å². The van der Waals surface area contributed by atoms with Crippen molar-refractivity contribution in [2.75, 3.05) is 0 Å². The van der Waals surface area contributed by atoms with Crippen LogP contribution in [0.1, 0.15) is 16.7 Å². The molecule has 0 amide bonds. The van der Waals surface area contributed by atoms with Crippen molar-refractivity contribution in [1.82, 2.24) is 9.55 Å². The van der Waals surface area contributed by atoms with Gasteiger partial charge in [-0.25, -0.2) is 4.98 Å². The van der Waals surface area contributed by atoms with Gasteiger partial charge in [-0.1, -0.05) is 48.5 Å². The molecule has 0 bridgehead atoms. The number of nitrogens with zero attached hydrogens (tertiary/aromatic N) is 3. The van der Waals surface area contributed by atoms with Gasteiger partial charge in [-0.3, -0.25) is 4.57 Å². The van der Waals surface area contributed by atoms with Crippen molar-refractivity contribution < 1.29 is 31.1 Å². The van der Waals surface area contributed by atoms with Crippen LogP contribution in [-0.2, 0) is 16.6 Å². The van der Waals surface area contributed by atoms with Crippen LogP contribution in [0.5, 0.6) is 0 Å². The highest BCUT2D eigenvalue weighted by molar-refractivity contribution is 5.97. The number of ether oxygens (including phenoxy) is 1. The first-order chi connectivity index (χ1) is 15.6. The number of aromatic nitrogens is 2. The van der Waals surface area contributed by atoms with Crippen molar-refractivity contribution in [2.24, 2.45) is 4.99 Å². The van der Waals surface area contributed by atoms with E-state index < -0.39 is 29.5 Å². The third-order valence-electron chi connectivity index (χ3n) is 5.29. The maximum atomic E-state index is 14.9. The Morgan fingerprint density at radius 3 is 2.18 bits per heavy atom. The maximum Gasteiger partial charge on any atom is 0.454 e. The van der Waals surface area contributed by atoms with Gasteiger partial charge in [-0.2, -0.15) is 31.3 Å². The third-order valence-corrected chi connectivity index (χ3v) is 5.29. The molecule has 1 aliphatic rings. The van der Waals surface area contributed by atoms with Crippen LogP contribution in [0.15, 0.2) is 83.9 Å². The number of rotatable bonds is 2. The van der Waals surface area contributed by atoms with E-state index >= 15 is 0 Å². The molecule has 10 heteroatoms. The standard InChI is InChI=1S/C23H13F6N3O/c24-22(25,26)16-10-6-7-14(13-16)19-31-20-30-17-11-4-5-12-18(17)32(20)21(33-19,23(27,28)29)15-8-2-1-3-9-15/h1-13H/t21-/m0/s1. The summed E-state index contributed by atoms with van der Waals surface area (Å²) in [5.41, 5.74) is -4.34. The molecule has 5 rings (SSSR count). The van der Waals surface area contributed by atoms with Gasteiger partial charge in [-0.05, 0) is 30.3 Å². The second-order valence-electron chi connectivity index (χ2n) is 7.34. The van der Waals surface area contributed by atoms with Gasteiger partial charge in [-0.15, -0.1) is 0 Å². The monoisotopic (exact) mass is 461 g/mol. The number of imidazole rings is 1. The highest BCUT2D eigenvalue weighted by atomic mass is 19.4. The molecule has 0 saturated heterocycles. The van der Waals surface area contributed by atoms with Gasteiger partial charge in [0.05, 0.1) is 16.6 Å². The summed E-state index contributed by atoms with van der Waals surface area (Å²) in [7, 11) is 0. The van der Waals surface area contributed by atoms with Gasteiger partial charge in [0.2, 0.25) is 11.8 Å². The van der Waals surface area contributed by atoms with Crippen LogP contribution >= 0.6 is 0 Å². The van der Waals surface area contributed by atoms with Crippen molar-refractivity contribution in [3.8, 4) is 0 Å². The van der Waals surface area contributed by atoms with Crippen molar-refractivity contribution >= 4 is 22.9 Å². The second-order valence-corrected chi connectivity index (χ2v) is 7.34. The Balaban J connectivity index is 1.84. The summed E-state index contributed by atoms with van der Waals surface area (Å²) in [6, 6.07) is 16.8. The van der Waals surface area contributed by atoms with Gasteiger partial charge in [0.15, 0.2) is 0 Å². The molecular weight excluding hydrogens is 448 g/mol. The van der Waals surface area contributed by atoms with E-state index in [0.29, 0.717) is 6.07 Å². The number of halogens is 6. The Morgan fingerprint density at radius 1 is 0.788 bits per heavy atom. The summed E-state index contributed by atoms with van der Waals surface area (Å²) in [5, 5.41) is 0. The molecule has 168 valence electrons. The van der Waals surface area contributed by atoms with Crippen LogP contribution in [-0.4, -0.2) is 21.6 Å². The Morgan fingerprint density at radius 2 is 1.48 bits per heavy atom. The molecule has 4 aromatic rings. The molecule has 33 heavy (non-hydrogen) atoms. The lowest BCUT2D eigenvalue weighted by atomic mass is 10.00. The molecule has 4 nitrogen and oxygen atoms in total. The molecule has 0 aliphatic carbocycles. The lowest BCUT2D eigenvalue weighted by Gasteiger charge is -2.40. The Labute approximate surface area is 182 Å². The summed E-state index contributed by atoms with van der Waals surface area (Å²) in [6.45, 7) is 0. The van der Waals surface area contributed by atoms with Crippen molar-refractivity contribution in [3.63, 3.8) is 0 Å². The Kier molecular flexibility index (Phi) is 4.52. The quantitative estimate of drug-likeness (QED) is 0.323. The molecule has 1 aliphatic heterocycles. The molecule has 0 fully saturated rings. The summed E-state index contributed by atoms with van der Waals surface area (Å²) >= 11 is 0. The van der Waals surface area contributed by atoms with Crippen LogP contribution in [0.25, 0.3) is 11.0 Å². The van der Waals surface area contributed by atoms with Crippen molar-refractivity contribution in [3.05, 3.63) is 95.6 Å². The molecule has 2 heterocycles. The predicted molar refractivity (Wildman–Crippen MR) is 108 cm³/mol. The molecule has 0 radical (unpaired) electrons. The van der Waals surface area contributed by atoms with Crippen molar-refractivity contribution in [1.29, 1.82) is 0 Å². The first-order valence-electron chi connectivity index (χ1n) is 9.67. The first-order valence-corrected chi connectivity index (χ1v) is 9.67. The number of hydrogen-bond donors (Lipinski definition) is 0. The number of para-hydroxylation sites is 2. The number of fused-ring (bicyclic) bond motifs is 3. The fourth-order valence-corrected chi connectivity index (χ4v) is 3.85. The molecule has 0 unspecified atom stereocenters. The summed E-state index contributed by atoms with van der Waals surface area (Å²) in [5.74, 6) is -0.957. The largest absolute Gasteiger partial charge is 0.454 e. The Hall–Kier alpha value is -3.82. The van der Waals surface area contributed by atoms with Gasteiger partial charge in [0.1, 0.15) is 0 Å². The van der Waals surface area contributed by atoms with Crippen LogP contribution < -0.4 is 0 Å². The van der Waals surface area contributed by atoms with Crippen molar-refractivity contribution in [2.45, 2.75) is 18.1 Å². The summed E-state index contributed by atoms with van der Waals surface area (Å²) < 4.78 is 90.9. The molecule has 1 atom stereocenters. The van der Waals surface area contributed by atoms with E-state index in [1.165, 1.54) is 42.5 Å². The number of benzene rings is 3. The SMILES string of the molecule is FC(F)(F)c1cccc(C2=Nc3nc4ccccc4n3[C@](c3ccccc3)(C(F)(F)F)O2)c1. The normalized spacial score (nSPS) is 18.5. The minimum absolute atomic E-state index is 0.112. The lowest BCUT2D eigenvalue weighted by molar-refractivity contribution is -0.271. The fourth-order valence-electron chi connectivity index (χ4n) is 3.85. The van der Waals surface area contributed by atoms with E-state index in [4.69, 9.17) is 4.74 Å². The molecule has 3 aromatic carbocycles. The zero-order valence-corrected chi connectivity index (χ0v) is 16.5. The highest BCUT2D eigenvalue weighted by Gasteiger charge is 2.64. The van der Waals surface area contributed by atoms with E-state index in [9.17, 15) is 26.3 Å². The third kappa shape index (κ3) is 3.24. The smallest absolute Gasteiger partial charge is 0.436 e. The highest BCUT2D eigenvalue weighted by Crippen LogP contribution is 2.50. The number of aliphatic imine (C=N–C) groups is 1. The van der Waals surface area contributed by atoms with Gasteiger partial charge in [0, 0.05) is 11.1 Å². The zero-order valence-electron chi connectivity index (χ0n) is 16.5. The van der Waals surface area contributed by atoms with Crippen LogP contribution in [0.4, 0.5) is 32.3 Å². The Bertz CT molecular complexity index is 1370. The summed E-state index contributed by atoms with van der Waals surface area (Å²) in [6.07, 6.45) is -9.73. The predicted octanol–water partition coefficient (Wildman–Crippen LogP) is 6.43. The van der Waals surface area contributed by atoms with Gasteiger partial charge in [0.25, 0.3) is 0 Å². The van der Waals surface area contributed by atoms with Gasteiger partial charge < -0.3 is 4.74 Å².